The van der Waals surface area contributed by atoms with Crippen LogP contribution in [0.3, 0.4) is 0 Å². The smallest absolute Gasteiger partial charge is 0.205 e. The summed E-state index contributed by atoms with van der Waals surface area (Å²) in [6.45, 7) is 6.25. The van der Waals surface area contributed by atoms with Crippen molar-refractivity contribution in [3.05, 3.63) is 46.8 Å². The number of aryl methyl sites for hydroxylation is 1. The molecule has 0 unspecified atom stereocenters. The highest BCUT2D eigenvalue weighted by molar-refractivity contribution is 5.73. The van der Waals surface area contributed by atoms with E-state index in [9.17, 15) is 0 Å². The maximum atomic E-state index is 5.95. The fraction of sp³-hybridized carbons (Fsp3) is 0.350. The normalized spacial score (nSPS) is 15.6. The summed E-state index contributed by atoms with van der Waals surface area (Å²) in [5.74, 6) is 1.58. The van der Waals surface area contributed by atoms with Crippen LogP contribution in [-0.2, 0) is 11.3 Å². The van der Waals surface area contributed by atoms with Crippen LogP contribution in [-0.4, -0.2) is 25.0 Å². The van der Waals surface area contributed by atoms with E-state index >= 15 is 0 Å². The van der Waals surface area contributed by atoms with Crippen LogP contribution in [0.4, 0.5) is 0 Å². The molecule has 1 aromatic heterocycles. The summed E-state index contributed by atoms with van der Waals surface area (Å²) in [5, 5.41) is 0. The molecule has 2 aromatic rings. The maximum Gasteiger partial charge on any atom is 0.205 e. The molecule has 0 amide bonds. The third-order valence-electron chi connectivity index (χ3n) is 4.12. The largest absolute Gasteiger partial charge is 0.493 e. The van der Waals surface area contributed by atoms with Crippen molar-refractivity contribution >= 4 is 12.2 Å². The molecule has 25 heavy (non-hydrogen) atoms. The quantitative estimate of drug-likeness (QED) is 0.833. The third kappa shape index (κ3) is 3.61. The lowest BCUT2D eigenvalue weighted by atomic mass is 10.0. The molecule has 0 bridgehead atoms. The lowest BCUT2D eigenvalue weighted by molar-refractivity contribution is -0.180. The van der Waals surface area contributed by atoms with Gasteiger partial charge in [0.2, 0.25) is 5.79 Å². The number of nitrogens with zero attached hydrogens (tertiary/aromatic N) is 1. The molecule has 132 valence electrons. The topological polar surface area (TPSA) is 49.8 Å². The van der Waals surface area contributed by atoms with Crippen LogP contribution < -0.4 is 14.2 Å². The zero-order valence-corrected chi connectivity index (χ0v) is 15.3. The molecule has 0 aliphatic carbocycles. The Kier molecular flexibility index (Phi) is 4.68. The van der Waals surface area contributed by atoms with E-state index in [2.05, 4.69) is 4.98 Å². The second-order valence-electron chi connectivity index (χ2n) is 6.34. The van der Waals surface area contributed by atoms with Crippen molar-refractivity contribution in [2.75, 3.05) is 14.2 Å². The Bertz CT molecular complexity index is 812. The number of fused-ring (bicyclic) bond motifs is 1. The molecule has 0 N–H and O–H groups in total. The first-order chi connectivity index (χ1) is 11.9. The van der Waals surface area contributed by atoms with E-state index in [-0.39, 0.29) is 0 Å². The van der Waals surface area contributed by atoms with Gasteiger partial charge in [-0.25, -0.2) is 0 Å². The fourth-order valence-electron chi connectivity index (χ4n) is 2.74. The zero-order chi connectivity index (χ0) is 18.0. The lowest BCUT2D eigenvalue weighted by Crippen LogP contribution is -2.36. The van der Waals surface area contributed by atoms with E-state index in [0.29, 0.717) is 18.1 Å². The van der Waals surface area contributed by atoms with Crippen molar-refractivity contribution in [2.45, 2.75) is 33.2 Å². The highest BCUT2D eigenvalue weighted by Gasteiger charge is 2.30. The first-order valence-electron chi connectivity index (χ1n) is 8.15. The predicted molar refractivity (Wildman–Crippen MR) is 96.9 cm³/mol. The van der Waals surface area contributed by atoms with Crippen LogP contribution in [0.25, 0.3) is 12.2 Å². The Labute approximate surface area is 148 Å². The fourth-order valence-corrected chi connectivity index (χ4v) is 2.74. The molecule has 5 nitrogen and oxygen atoms in total. The van der Waals surface area contributed by atoms with Gasteiger partial charge in [-0.05, 0) is 24.6 Å². The maximum absolute atomic E-state index is 5.95. The molecule has 5 heteroatoms. The van der Waals surface area contributed by atoms with E-state index in [1.54, 1.807) is 14.2 Å². The highest BCUT2D eigenvalue weighted by atomic mass is 16.7. The monoisotopic (exact) mass is 341 g/mol. The molecule has 0 radical (unpaired) electrons. The predicted octanol–water partition coefficient (Wildman–Crippen LogP) is 4.22. The van der Waals surface area contributed by atoms with Crippen molar-refractivity contribution in [3.8, 4) is 17.2 Å². The average Bonchev–Trinajstić information content (AvgIpc) is 2.60. The van der Waals surface area contributed by atoms with Crippen LogP contribution in [0.5, 0.6) is 17.2 Å². The Morgan fingerprint density at radius 2 is 1.88 bits per heavy atom. The van der Waals surface area contributed by atoms with E-state index in [1.165, 1.54) is 0 Å². The Morgan fingerprint density at radius 3 is 2.60 bits per heavy atom. The van der Waals surface area contributed by atoms with Gasteiger partial charge in [-0.3, -0.25) is 4.98 Å². The summed E-state index contributed by atoms with van der Waals surface area (Å²) in [6, 6.07) is 5.79. The van der Waals surface area contributed by atoms with Crippen LogP contribution in [0.2, 0.25) is 0 Å². The van der Waals surface area contributed by atoms with Crippen LogP contribution >= 0.6 is 0 Å². The summed E-state index contributed by atoms with van der Waals surface area (Å²) in [5.41, 5.74) is 3.87. The van der Waals surface area contributed by atoms with Gasteiger partial charge in [0, 0.05) is 31.2 Å². The van der Waals surface area contributed by atoms with Crippen molar-refractivity contribution in [1.82, 2.24) is 4.98 Å². The minimum absolute atomic E-state index is 0.497. The summed E-state index contributed by atoms with van der Waals surface area (Å²) >= 11 is 0. The highest BCUT2D eigenvalue weighted by Crippen LogP contribution is 2.36. The van der Waals surface area contributed by atoms with Crippen LogP contribution in [0, 0.1) is 6.92 Å². The molecule has 1 aliphatic heterocycles. The lowest BCUT2D eigenvalue weighted by Gasteiger charge is -2.33. The molecule has 0 atom stereocenters. The van der Waals surface area contributed by atoms with Crippen LogP contribution in [0.1, 0.15) is 36.2 Å². The number of methoxy groups -OCH3 is 2. The number of hydrogen-bond acceptors (Lipinski definition) is 5. The first-order valence-corrected chi connectivity index (χ1v) is 8.15. The summed E-state index contributed by atoms with van der Waals surface area (Å²) < 4.78 is 22.4. The second-order valence-corrected chi connectivity index (χ2v) is 6.34. The molecular weight excluding hydrogens is 318 g/mol. The Balaban J connectivity index is 1.93. The second kappa shape index (κ2) is 6.76. The van der Waals surface area contributed by atoms with Crippen molar-refractivity contribution in [3.63, 3.8) is 0 Å². The van der Waals surface area contributed by atoms with Gasteiger partial charge in [-0.15, -0.1) is 0 Å². The molecule has 1 aliphatic rings. The average molecular weight is 341 g/mol. The summed E-state index contributed by atoms with van der Waals surface area (Å²) in [7, 11) is 3.25. The standard InChI is InChI=1S/C20H23NO4/c1-13-19-16(12-24-20(2,3)25-19)15(11-21-13)8-6-14-7-9-17(22-4)18(10-14)23-5/h6-11H,12H2,1-5H3/b8-6+. The van der Waals surface area contributed by atoms with Crippen molar-refractivity contribution in [2.24, 2.45) is 0 Å². The molecule has 0 saturated heterocycles. The van der Waals surface area contributed by atoms with Crippen LogP contribution in [0.15, 0.2) is 24.4 Å². The number of pyridine rings is 1. The number of benzene rings is 1. The van der Waals surface area contributed by atoms with E-state index in [4.69, 9.17) is 18.9 Å². The van der Waals surface area contributed by atoms with Gasteiger partial charge in [-0.2, -0.15) is 0 Å². The molecule has 0 fully saturated rings. The third-order valence-corrected chi connectivity index (χ3v) is 4.12. The van der Waals surface area contributed by atoms with Gasteiger partial charge >= 0.3 is 0 Å². The van der Waals surface area contributed by atoms with E-state index in [0.717, 1.165) is 28.1 Å². The molecule has 0 saturated carbocycles. The van der Waals surface area contributed by atoms with Gasteiger partial charge in [0.1, 0.15) is 5.75 Å². The molecule has 2 heterocycles. The number of rotatable bonds is 4. The van der Waals surface area contributed by atoms with Crippen molar-refractivity contribution in [1.29, 1.82) is 0 Å². The van der Waals surface area contributed by atoms with Gasteiger partial charge in [0.05, 0.1) is 26.5 Å². The number of ether oxygens (including phenoxy) is 4. The molecule has 1 aromatic carbocycles. The SMILES string of the molecule is COc1ccc(/C=C/c2cnc(C)c3c2COC(C)(C)O3)cc1OC. The Morgan fingerprint density at radius 1 is 1.12 bits per heavy atom. The zero-order valence-electron chi connectivity index (χ0n) is 15.3. The van der Waals surface area contributed by atoms with E-state index in [1.807, 2.05) is 57.3 Å². The Hall–Kier alpha value is -2.53. The summed E-state index contributed by atoms with van der Waals surface area (Å²) in [4.78, 5) is 4.45. The van der Waals surface area contributed by atoms with Gasteiger partial charge in [0.15, 0.2) is 11.5 Å². The van der Waals surface area contributed by atoms with E-state index < -0.39 is 5.79 Å². The number of hydrogen-bond donors (Lipinski definition) is 0. The molecular formula is C20H23NO4. The van der Waals surface area contributed by atoms with Gasteiger partial charge < -0.3 is 18.9 Å². The van der Waals surface area contributed by atoms with Gasteiger partial charge in [-0.1, -0.05) is 18.2 Å². The minimum atomic E-state index is -0.634. The first kappa shape index (κ1) is 17.3. The molecule has 3 rings (SSSR count). The van der Waals surface area contributed by atoms with Gasteiger partial charge in [0.25, 0.3) is 0 Å². The summed E-state index contributed by atoms with van der Waals surface area (Å²) in [6.07, 6.45) is 5.86. The minimum Gasteiger partial charge on any atom is -0.493 e. The molecule has 0 spiro atoms. The van der Waals surface area contributed by atoms with Crippen molar-refractivity contribution < 1.29 is 18.9 Å². The number of aromatic nitrogens is 1.